The zero-order chi connectivity index (χ0) is 28.3. The van der Waals surface area contributed by atoms with Gasteiger partial charge in [0.1, 0.15) is 12.6 Å². The highest BCUT2D eigenvalue weighted by Gasteiger charge is 2.32. The molecule has 1 atom stereocenters. The number of aryl methyl sites for hydroxylation is 1. The molecule has 39 heavy (non-hydrogen) atoms. The minimum absolute atomic E-state index is 0.171. The van der Waals surface area contributed by atoms with Gasteiger partial charge in [-0.3, -0.25) is 13.9 Å². The molecule has 0 bridgehead atoms. The second-order valence-electron chi connectivity index (χ2n) is 9.65. The molecule has 0 saturated carbocycles. The monoisotopic (exact) mass is 549 g/mol. The van der Waals surface area contributed by atoms with Crippen LogP contribution >= 0.6 is 0 Å². The van der Waals surface area contributed by atoms with Crippen molar-refractivity contribution in [3.05, 3.63) is 102 Å². The van der Waals surface area contributed by atoms with Gasteiger partial charge in [-0.25, -0.2) is 8.42 Å². The van der Waals surface area contributed by atoms with Crippen LogP contribution in [0.1, 0.15) is 43.4 Å². The lowest BCUT2D eigenvalue weighted by molar-refractivity contribution is -0.140. The van der Waals surface area contributed by atoms with E-state index in [9.17, 15) is 18.0 Å². The lowest BCUT2D eigenvalue weighted by Crippen LogP contribution is -2.53. The Kier molecular flexibility index (Phi) is 11.1. The van der Waals surface area contributed by atoms with Gasteiger partial charge >= 0.3 is 0 Å². The van der Waals surface area contributed by atoms with Crippen molar-refractivity contribution in [3.63, 3.8) is 0 Å². The Balaban J connectivity index is 2.00. The molecule has 0 aromatic heterocycles. The summed E-state index contributed by atoms with van der Waals surface area (Å²) < 4.78 is 26.8. The molecule has 0 saturated heterocycles. The van der Waals surface area contributed by atoms with Gasteiger partial charge in [0.25, 0.3) is 0 Å². The number of sulfonamides is 1. The minimum Gasteiger partial charge on any atom is -0.354 e. The van der Waals surface area contributed by atoms with Crippen molar-refractivity contribution < 1.29 is 18.0 Å². The van der Waals surface area contributed by atoms with Crippen LogP contribution in [0.25, 0.3) is 0 Å². The summed E-state index contributed by atoms with van der Waals surface area (Å²) in [4.78, 5) is 29.1. The number of unbranched alkanes of at least 4 members (excludes halogenated alkanes) is 1. The quantitative estimate of drug-likeness (QED) is 0.299. The fourth-order valence-electron chi connectivity index (χ4n) is 4.35. The van der Waals surface area contributed by atoms with Gasteiger partial charge in [0.2, 0.25) is 21.8 Å². The SMILES string of the molecule is CCCCNC(=O)[C@H](Cc1ccccc1)N(Cc1ccccc1)C(=O)CN(c1ccc(CC)cc1)S(C)(=O)=O. The third-order valence-corrected chi connectivity index (χ3v) is 7.75. The van der Waals surface area contributed by atoms with Gasteiger partial charge in [-0.2, -0.15) is 0 Å². The molecule has 0 spiro atoms. The Morgan fingerprint density at radius 3 is 1.95 bits per heavy atom. The smallest absolute Gasteiger partial charge is 0.244 e. The number of benzene rings is 3. The molecule has 0 fully saturated rings. The van der Waals surface area contributed by atoms with Gasteiger partial charge in [0, 0.05) is 19.5 Å². The van der Waals surface area contributed by atoms with Crippen molar-refractivity contribution in [2.75, 3.05) is 23.7 Å². The van der Waals surface area contributed by atoms with Crippen LogP contribution in [-0.4, -0.2) is 50.5 Å². The van der Waals surface area contributed by atoms with E-state index >= 15 is 0 Å². The van der Waals surface area contributed by atoms with E-state index in [0.717, 1.165) is 46.5 Å². The standard InChI is InChI=1S/C31H39N3O4S/c1-4-6-21-32-31(36)29(22-26-13-9-7-10-14-26)33(23-27-15-11-8-12-16-27)30(35)24-34(39(3,37)38)28-19-17-25(5-2)18-20-28/h7-20,29H,4-6,21-24H2,1-3H3,(H,32,36)/t29-/m0/s1. The Labute approximate surface area is 232 Å². The van der Waals surface area contributed by atoms with Crippen molar-refractivity contribution in [2.24, 2.45) is 0 Å². The molecule has 3 aromatic carbocycles. The van der Waals surface area contributed by atoms with E-state index in [-0.39, 0.29) is 12.5 Å². The molecule has 7 nitrogen and oxygen atoms in total. The Morgan fingerprint density at radius 1 is 0.821 bits per heavy atom. The lowest BCUT2D eigenvalue weighted by atomic mass is 10.0. The van der Waals surface area contributed by atoms with Crippen molar-refractivity contribution in [1.82, 2.24) is 10.2 Å². The van der Waals surface area contributed by atoms with Crippen LogP contribution in [0.5, 0.6) is 0 Å². The van der Waals surface area contributed by atoms with Crippen LogP contribution in [0.3, 0.4) is 0 Å². The molecular weight excluding hydrogens is 510 g/mol. The number of carbonyl (C=O) groups excluding carboxylic acids is 2. The van der Waals surface area contributed by atoms with Crippen molar-refractivity contribution in [3.8, 4) is 0 Å². The maximum atomic E-state index is 14.0. The van der Waals surface area contributed by atoms with E-state index in [1.165, 1.54) is 4.90 Å². The van der Waals surface area contributed by atoms with Crippen molar-refractivity contribution in [1.29, 1.82) is 0 Å². The fourth-order valence-corrected chi connectivity index (χ4v) is 5.20. The number of anilines is 1. The first-order valence-corrected chi connectivity index (χ1v) is 15.3. The first-order chi connectivity index (χ1) is 18.7. The number of hydrogen-bond acceptors (Lipinski definition) is 4. The van der Waals surface area contributed by atoms with Gasteiger partial charge in [0.15, 0.2) is 0 Å². The Morgan fingerprint density at radius 2 is 1.41 bits per heavy atom. The van der Waals surface area contributed by atoms with Crippen molar-refractivity contribution >= 4 is 27.5 Å². The lowest BCUT2D eigenvalue weighted by Gasteiger charge is -2.33. The van der Waals surface area contributed by atoms with E-state index < -0.39 is 28.5 Å². The normalized spacial score (nSPS) is 12.0. The summed E-state index contributed by atoms with van der Waals surface area (Å²) in [7, 11) is -3.78. The molecule has 208 valence electrons. The molecule has 3 aromatic rings. The largest absolute Gasteiger partial charge is 0.354 e. The highest BCUT2D eigenvalue weighted by atomic mass is 32.2. The predicted octanol–water partition coefficient (Wildman–Crippen LogP) is 4.57. The van der Waals surface area contributed by atoms with Crippen LogP contribution < -0.4 is 9.62 Å². The third-order valence-electron chi connectivity index (χ3n) is 6.61. The van der Waals surface area contributed by atoms with E-state index in [0.29, 0.717) is 18.7 Å². The summed E-state index contributed by atoms with van der Waals surface area (Å²) in [5.41, 5.74) is 3.24. The fraction of sp³-hybridized carbons (Fsp3) is 0.355. The predicted molar refractivity (Wildman–Crippen MR) is 157 cm³/mol. The molecule has 0 aliphatic carbocycles. The number of rotatable bonds is 14. The van der Waals surface area contributed by atoms with E-state index in [2.05, 4.69) is 5.32 Å². The van der Waals surface area contributed by atoms with Crippen molar-refractivity contribution in [2.45, 2.75) is 52.1 Å². The number of nitrogens with zero attached hydrogens (tertiary/aromatic N) is 2. The molecule has 1 N–H and O–H groups in total. The zero-order valence-corrected chi connectivity index (χ0v) is 23.9. The number of carbonyl (C=O) groups is 2. The van der Waals surface area contributed by atoms with Crippen LogP contribution in [0.4, 0.5) is 5.69 Å². The van der Waals surface area contributed by atoms with Crippen LogP contribution in [0.2, 0.25) is 0 Å². The topological polar surface area (TPSA) is 86.8 Å². The minimum atomic E-state index is -3.78. The van der Waals surface area contributed by atoms with E-state index in [1.807, 2.05) is 86.6 Å². The summed E-state index contributed by atoms with van der Waals surface area (Å²) in [5.74, 6) is -0.704. The highest BCUT2D eigenvalue weighted by molar-refractivity contribution is 7.92. The first kappa shape index (κ1) is 29.9. The molecule has 2 amide bonds. The van der Waals surface area contributed by atoms with Gasteiger partial charge in [-0.15, -0.1) is 0 Å². The van der Waals surface area contributed by atoms with Crippen LogP contribution in [-0.2, 0) is 39.0 Å². The zero-order valence-electron chi connectivity index (χ0n) is 23.0. The highest BCUT2D eigenvalue weighted by Crippen LogP contribution is 2.21. The summed E-state index contributed by atoms with van der Waals surface area (Å²) in [6.07, 6.45) is 3.97. The molecular formula is C31H39N3O4S. The molecule has 0 aliphatic heterocycles. The average Bonchev–Trinajstić information content (AvgIpc) is 2.94. The maximum Gasteiger partial charge on any atom is 0.244 e. The third kappa shape index (κ3) is 8.96. The number of nitrogens with one attached hydrogen (secondary N) is 1. The van der Waals surface area contributed by atoms with E-state index in [1.54, 1.807) is 12.1 Å². The van der Waals surface area contributed by atoms with E-state index in [4.69, 9.17) is 0 Å². The summed E-state index contributed by atoms with van der Waals surface area (Å²) >= 11 is 0. The van der Waals surface area contributed by atoms with Crippen LogP contribution in [0.15, 0.2) is 84.9 Å². The molecule has 8 heteroatoms. The van der Waals surface area contributed by atoms with Gasteiger partial charge in [-0.1, -0.05) is 93.1 Å². The van der Waals surface area contributed by atoms with Gasteiger partial charge in [0.05, 0.1) is 11.9 Å². The average molecular weight is 550 g/mol. The second-order valence-corrected chi connectivity index (χ2v) is 11.6. The molecule has 0 unspecified atom stereocenters. The summed E-state index contributed by atoms with van der Waals surface area (Å²) in [6.45, 7) is 4.33. The number of hydrogen-bond donors (Lipinski definition) is 1. The van der Waals surface area contributed by atoms with Crippen LogP contribution in [0, 0.1) is 0 Å². The molecule has 0 heterocycles. The molecule has 3 rings (SSSR count). The number of amides is 2. The summed E-state index contributed by atoms with van der Waals surface area (Å²) in [6, 6.07) is 25.3. The summed E-state index contributed by atoms with van der Waals surface area (Å²) in [5, 5.41) is 2.99. The molecule has 0 radical (unpaired) electrons. The first-order valence-electron chi connectivity index (χ1n) is 13.4. The van der Waals surface area contributed by atoms with Gasteiger partial charge in [-0.05, 0) is 41.7 Å². The maximum absolute atomic E-state index is 14.0. The van der Waals surface area contributed by atoms with Gasteiger partial charge < -0.3 is 10.2 Å². The Hall–Kier alpha value is -3.65. The second kappa shape index (κ2) is 14.5. The Bertz CT molecular complexity index is 1300. The molecule has 0 aliphatic rings.